The van der Waals surface area contributed by atoms with E-state index in [1.165, 1.54) is 0 Å². The fourth-order valence-corrected chi connectivity index (χ4v) is 2.90. The molecule has 19 heavy (non-hydrogen) atoms. The second-order valence-electron chi connectivity index (χ2n) is 5.71. The number of hydrogen-bond donors (Lipinski definition) is 2. The maximum Gasteiger partial charge on any atom is 0.326 e. The van der Waals surface area contributed by atoms with Crippen molar-refractivity contribution in [3.8, 4) is 0 Å². The molecule has 0 aromatic heterocycles. The van der Waals surface area contributed by atoms with Crippen LogP contribution in [0.3, 0.4) is 0 Å². The number of carbonyl (C=O) groups is 2. The summed E-state index contributed by atoms with van der Waals surface area (Å²) in [7, 11) is 0. The van der Waals surface area contributed by atoms with Gasteiger partial charge < -0.3 is 15.3 Å². The van der Waals surface area contributed by atoms with Crippen LogP contribution in [0.15, 0.2) is 0 Å². The maximum absolute atomic E-state index is 12.3. The van der Waals surface area contributed by atoms with Crippen LogP contribution >= 0.6 is 0 Å². The minimum Gasteiger partial charge on any atom is -0.480 e. The molecule has 5 nitrogen and oxygen atoms in total. The zero-order chi connectivity index (χ0) is 13.8. The molecule has 1 heterocycles. The van der Waals surface area contributed by atoms with Crippen molar-refractivity contribution in [2.75, 3.05) is 6.54 Å². The normalized spacial score (nSPS) is 25.5. The number of nitrogens with one attached hydrogen (secondary N) is 1. The van der Waals surface area contributed by atoms with Crippen LogP contribution in [0, 0.1) is 5.92 Å². The van der Waals surface area contributed by atoms with Crippen molar-refractivity contribution in [3.63, 3.8) is 0 Å². The van der Waals surface area contributed by atoms with E-state index in [2.05, 4.69) is 12.2 Å². The molecule has 2 N–H and O–H groups in total. The third kappa shape index (κ3) is 3.61. The van der Waals surface area contributed by atoms with Crippen LogP contribution in [-0.2, 0) is 4.79 Å². The number of hydrogen-bond acceptors (Lipinski definition) is 2. The molecule has 2 atom stereocenters. The SMILES string of the molecule is CCC1CCCCCN1C(=O)NC(C(=O)O)C1CC1. The Kier molecular flexibility index (Phi) is 4.66. The average molecular weight is 268 g/mol. The molecule has 5 heteroatoms. The Balaban J connectivity index is 1.97. The Morgan fingerprint density at radius 3 is 2.58 bits per heavy atom. The standard InChI is InChI=1S/C14H24N2O3/c1-2-11-6-4-3-5-9-16(11)14(19)15-12(13(17)18)10-7-8-10/h10-12H,2-9H2,1H3,(H,15,19)(H,17,18). The molecule has 2 fully saturated rings. The lowest BCUT2D eigenvalue weighted by atomic mass is 10.1. The average Bonchev–Trinajstić information content (AvgIpc) is 3.20. The lowest BCUT2D eigenvalue weighted by Crippen LogP contribution is -2.51. The van der Waals surface area contributed by atoms with Crippen molar-refractivity contribution in [1.82, 2.24) is 10.2 Å². The van der Waals surface area contributed by atoms with Gasteiger partial charge in [-0.25, -0.2) is 9.59 Å². The van der Waals surface area contributed by atoms with Crippen molar-refractivity contribution < 1.29 is 14.7 Å². The van der Waals surface area contributed by atoms with Crippen LogP contribution in [0.1, 0.15) is 51.9 Å². The Labute approximate surface area is 114 Å². The van der Waals surface area contributed by atoms with Gasteiger partial charge in [-0.1, -0.05) is 19.8 Å². The molecule has 0 aromatic carbocycles. The van der Waals surface area contributed by atoms with E-state index in [1.807, 2.05) is 4.90 Å². The van der Waals surface area contributed by atoms with E-state index in [0.29, 0.717) is 0 Å². The zero-order valence-electron chi connectivity index (χ0n) is 11.6. The highest BCUT2D eigenvalue weighted by atomic mass is 16.4. The van der Waals surface area contributed by atoms with Crippen LogP contribution < -0.4 is 5.32 Å². The number of carbonyl (C=O) groups excluding carboxylic acids is 1. The summed E-state index contributed by atoms with van der Waals surface area (Å²) in [5, 5.41) is 11.9. The highest BCUT2D eigenvalue weighted by Crippen LogP contribution is 2.33. The lowest BCUT2D eigenvalue weighted by molar-refractivity contribution is -0.139. The molecule has 0 aromatic rings. The number of aliphatic carboxylic acids is 1. The summed E-state index contributed by atoms with van der Waals surface area (Å²) in [4.78, 5) is 25.4. The van der Waals surface area contributed by atoms with Crippen LogP contribution in [0.4, 0.5) is 4.79 Å². The Morgan fingerprint density at radius 2 is 2.00 bits per heavy atom. The molecule has 0 spiro atoms. The molecule has 2 unspecified atom stereocenters. The van der Waals surface area contributed by atoms with Gasteiger partial charge in [0.25, 0.3) is 0 Å². The predicted octanol–water partition coefficient (Wildman–Crippen LogP) is 2.21. The zero-order valence-corrected chi connectivity index (χ0v) is 11.6. The van der Waals surface area contributed by atoms with Gasteiger partial charge in [-0.2, -0.15) is 0 Å². The molecule has 2 amide bonds. The second-order valence-corrected chi connectivity index (χ2v) is 5.71. The van der Waals surface area contributed by atoms with Crippen LogP contribution in [-0.4, -0.2) is 40.6 Å². The maximum atomic E-state index is 12.3. The molecule has 0 bridgehead atoms. The number of likely N-dealkylation sites (tertiary alicyclic amines) is 1. The second kappa shape index (κ2) is 6.26. The fraction of sp³-hybridized carbons (Fsp3) is 0.857. The van der Waals surface area contributed by atoms with E-state index in [9.17, 15) is 14.7 Å². The largest absolute Gasteiger partial charge is 0.480 e. The van der Waals surface area contributed by atoms with Gasteiger partial charge in [0.15, 0.2) is 0 Å². The summed E-state index contributed by atoms with van der Waals surface area (Å²) >= 11 is 0. The van der Waals surface area contributed by atoms with Crippen molar-refractivity contribution in [2.24, 2.45) is 5.92 Å². The van der Waals surface area contributed by atoms with Crippen molar-refractivity contribution in [3.05, 3.63) is 0 Å². The number of urea groups is 1. The Hall–Kier alpha value is -1.26. The molecule has 1 aliphatic carbocycles. The van der Waals surface area contributed by atoms with Crippen molar-refractivity contribution >= 4 is 12.0 Å². The van der Waals surface area contributed by atoms with Crippen molar-refractivity contribution in [2.45, 2.75) is 64.0 Å². The number of rotatable bonds is 4. The summed E-state index contributed by atoms with van der Waals surface area (Å²) in [5.74, 6) is -0.771. The van der Waals surface area contributed by atoms with Gasteiger partial charge in [0, 0.05) is 12.6 Å². The van der Waals surface area contributed by atoms with Gasteiger partial charge in [0.2, 0.25) is 0 Å². The molecular weight excluding hydrogens is 244 g/mol. The third-order valence-corrected chi connectivity index (χ3v) is 4.25. The number of carboxylic acids is 1. The van der Waals surface area contributed by atoms with Gasteiger partial charge in [-0.3, -0.25) is 0 Å². The first-order valence-electron chi connectivity index (χ1n) is 7.43. The monoisotopic (exact) mass is 268 g/mol. The van der Waals surface area contributed by atoms with Crippen LogP contribution in [0.5, 0.6) is 0 Å². The molecule has 1 saturated heterocycles. The number of nitrogens with zero attached hydrogens (tertiary/aromatic N) is 1. The first kappa shape index (κ1) is 14.2. The minimum absolute atomic E-state index is 0.133. The van der Waals surface area contributed by atoms with E-state index in [0.717, 1.165) is 51.5 Å². The predicted molar refractivity (Wildman–Crippen MR) is 71.9 cm³/mol. The molecule has 1 aliphatic heterocycles. The number of amides is 2. The van der Waals surface area contributed by atoms with Gasteiger partial charge in [-0.15, -0.1) is 0 Å². The lowest BCUT2D eigenvalue weighted by Gasteiger charge is -2.30. The summed E-state index contributed by atoms with van der Waals surface area (Å²) in [6.45, 7) is 2.84. The highest BCUT2D eigenvalue weighted by Gasteiger charge is 2.38. The molecular formula is C14H24N2O3. The first-order chi connectivity index (χ1) is 9.13. The Bertz CT molecular complexity index is 342. The van der Waals surface area contributed by atoms with Crippen molar-refractivity contribution in [1.29, 1.82) is 0 Å². The first-order valence-corrected chi connectivity index (χ1v) is 7.43. The van der Waals surface area contributed by atoms with Crippen LogP contribution in [0.25, 0.3) is 0 Å². The van der Waals surface area contributed by atoms with E-state index in [1.54, 1.807) is 0 Å². The molecule has 108 valence electrons. The van der Waals surface area contributed by atoms with Crippen LogP contribution in [0.2, 0.25) is 0 Å². The summed E-state index contributed by atoms with van der Waals surface area (Å²) in [6.07, 6.45) is 7.13. The minimum atomic E-state index is -0.904. The van der Waals surface area contributed by atoms with E-state index < -0.39 is 12.0 Å². The van der Waals surface area contributed by atoms with Gasteiger partial charge in [0.05, 0.1) is 0 Å². The summed E-state index contributed by atoms with van der Waals surface area (Å²) in [5.41, 5.74) is 0. The molecule has 1 saturated carbocycles. The molecule has 2 rings (SSSR count). The van der Waals surface area contributed by atoms with E-state index >= 15 is 0 Å². The Morgan fingerprint density at radius 1 is 1.26 bits per heavy atom. The van der Waals surface area contributed by atoms with E-state index in [4.69, 9.17) is 0 Å². The van der Waals surface area contributed by atoms with E-state index in [-0.39, 0.29) is 18.0 Å². The summed E-state index contributed by atoms with van der Waals surface area (Å²) < 4.78 is 0. The van der Waals surface area contributed by atoms with Gasteiger partial charge >= 0.3 is 12.0 Å². The topological polar surface area (TPSA) is 69.6 Å². The summed E-state index contributed by atoms with van der Waals surface area (Å²) in [6, 6.07) is -0.627. The van der Waals surface area contributed by atoms with Gasteiger partial charge in [0.1, 0.15) is 6.04 Å². The molecule has 0 radical (unpaired) electrons. The highest BCUT2D eigenvalue weighted by molar-refractivity contribution is 5.83. The number of carboxylic acid groups (broad SMARTS) is 1. The molecule has 2 aliphatic rings. The quantitative estimate of drug-likeness (QED) is 0.821. The smallest absolute Gasteiger partial charge is 0.326 e. The van der Waals surface area contributed by atoms with Gasteiger partial charge in [-0.05, 0) is 38.0 Å². The fourth-order valence-electron chi connectivity index (χ4n) is 2.90. The third-order valence-electron chi connectivity index (χ3n) is 4.25.